The summed E-state index contributed by atoms with van der Waals surface area (Å²) >= 11 is 0. The van der Waals surface area contributed by atoms with Gasteiger partial charge in [0.15, 0.2) is 0 Å². The molecule has 0 aromatic heterocycles. The molecule has 20 heavy (non-hydrogen) atoms. The molecule has 1 aromatic rings. The van der Waals surface area contributed by atoms with E-state index in [0.717, 1.165) is 6.07 Å². The van der Waals surface area contributed by atoms with Gasteiger partial charge in [0.25, 0.3) is 0 Å². The van der Waals surface area contributed by atoms with Crippen LogP contribution in [0.2, 0.25) is 0 Å². The largest absolute Gasteiger partial charge is 0.478 e. The first-order chi connectivity index (χ1) is 9.35. The van der Waals surface area contributed by atoms with Gasteiger partial charge in [-0.25, -0.2) is 17.9 Å². The van der Waals surface area contributed by atoms with Crippen LogP contribution in [0.4, 0.5) is 0 Å². The first-order valence-corrected chi connectivity index (χ1v) is 7.44. The molecule has 7 nitrogen and oxygen atoms in total. The van der Waals surface area contributed by atoms with Gasteiger partial charge >= 0.3 is 5.97 Å². The lowest BCUT2D eigenvalue weighted by Gasteiger charge is -2.14. The summed E-state index contributed by atoms with van der Waals surface area (Å²) in [6.45, 7) is 0.644. The molecule has 0 unspecified atom stereocenters. The Balaban J connectivity index is 3.19. The summed E-state index contributed by atoms with van der Waals surface area (Å²) in [6, 6.07) is 2.76. The Labute approximate surface area is 116 Å². The predicted molar refractivity (Wildman–Crippen MR) is 71.1 cm³/mol. The number of benzene rings is 1. The van der Waals surface area contributed by atoms with Crippen LogP contribution in [0.5, 0.6) is 0 Å². The van der Waals surface area contributed by atoms with Crippen molar-refractivity contribution in [1.82, 2.24) is 4.72 Å². The summed E-state index contributed by atoms with van der Waals surface area (Å²) in [5.41, 5.74) is 0.442. The third-order valence-electron chi connectivity index (χ3n) is 2.77. The molecule has 0 radical (unpaired) electrons. The Bertz CT molecular complexity index is 580. The van der Waals surface area contributed by atoms with E-state index in [1.807, 2.05) is 0 Å². The molecule has 0 bridgehead atoms. The van der Waals surface area contributed by atoms with Gasteiger partial charge in [-0.15, -0.1) is 0 Å². The highest BCUT2D eigenvalue weighted by Crippen LogP contribution is 2.17. The molecular formula is C12H17NO6S. The minimum absolute atomic E-state index is 0.0834. The van der Waals surface area contributed by atoms with E-state index in [9.17, 15) is 13.2 Å². The van der Waals surface area contributed by atoms with Crippen LogP contribution in [0.25, 0.3) is 0 Å². The lowest BCUT2D eigenvalue weighted by molar-refractivity contribution is 0.0695. The third-order valence-corrected chi connectivity index (χ3v) is 4.28. The van der Waals surface area contributed by atoms with Crippen molar-refractivity contribution in [1.29, 1.82) is 0 Å². The number of hydrogen-bond acceptors (Lipinski definition) is 5. The van der Waals surface area contributed by atoms with Gasteiger partial charge in [0.05, 0.1) is 29.7 Å². The maximum absolute atomic E-state index is 12.0. The van der Waals surface area contributed by atoms with Gasteiger partial charge in [0.2, 0.25) is 10.0 Å². The number of sulfonamides is 1. The molecule has 0 aliphatic rings. The maximum atomic E-state index is 12.0. The number of carbonyl (C=O) groups is 1. The number of rotatable bonds is 7. The van der Waals surface area contributed by atoms with E-state index in [2.05, 4.69) is 4.72 Å². The van der Waals surface area contributed by atoms with Gasteiger partial charge < -0.3 is 15.3 Å². The number of aliphatic hydroxyl groups is 2. The van der Waals surface area contributed by atoms with Crippen molar-refractivity contribution < 1.29 is 28.5 Å². The Morgan fingerprint density at radius 1 is 1.30 bits per heavy atom. The zero-order chi connectivity index (χ0) is 15.3. The average Bonchev–Trinajstić information content (AvgIpc) is 2.43. The minimum atomic E-state index is -4.00. The number of aromatic carboxylic acids is 1. The second-order valence-corrected chi connectivity index (χ2v) is 5.87. The Morgan fingerprint density at radius 2 is 1.90 bits per heavy atom. The number of aryl methyl sites for hydroxylation is 1. The van der Waals surface area contributed by atoms with Crippen molar-refractivity contribution in [3.05, 3.63) is 29.3 Å². The topological polar surface area (TPSA) is 124 Å². The molecule has 1 aromatic carbocycles. The first-order valence-electron chi connectivity index (χ1n) is 5.96. The van der Waals surface area contributed by atoms with Gasteiger partial charge in [-0.05, 0) is 24.1 Å². The monoisotopic (exact) mass is 303 g/mol. The fourth-order valence-electron chi connectivity index (χ4n) is 1.65. The molecule has 8 heteroatoms. The highest BCUT2D eigenvalue weighted by atomic mass is 32.2. The van der Waals surface area contributed by atoms with E-state index in [-0.39, 0.29) is 10.5 Å². The molecular weight excluding hydrogens is 286 g/mol. The van der Waals surface area contributed by atoms with Crippen molar-refractivity contribution in [2.24, 2.45) is 0 Å². The molecule has 0 saturated carbocycles. The van der Waals surface area contributed by atoms with Crippen LogP contribution in [0.3, 0.4) is 0 Å². The standard InChI is InChI=1S/C12H17NO6S/c1-2-8-3-4-10(5-11(8)12(16)17)20(18,19)13-9(6-14)7-15/h3-5,9,13-15H,2,6-7H2,1H3,(H,16,17). The molecule has 0 aliphatic carbocycles. The quantitative estimate of drug-likeness (QED) is 0.542. The summed E-state index contributed by atoms with van der Waals surface area (Å²) in [4.78, 5) is 10.9. The van der Waals surface area contributed by atoms with Gasteiger partial charge in [-0.3, -0.25) is 0 Å². The Morgan fingerprint density at radius 3 is 2.35 bits per heavy atom. The molecule has 112 valence electrons. The first kappa shape index (κ1) is 16.6. The summed E-state index contributed by atoms with van der Waals surface area (Å²) in [7, 11) is -4.00. The Hall–Kier alpha value is -1.48. The van der Waals surface area contributed by atoms with Crippen LogP contribution in [-0.2, 0) is 16.4 Å². The van der Waals surface area contributed by atoms with Gasteiger partial charge in [-0.2, -0.15) is 0 Å². The third kappa shape index (κ3) is 3.76. The molecule has 0 saturated heterocycles. The molecule has 1 rings (SSSR count). The second kappa shape index (κ2) is 6.80. The minimum Gasteiger partial charge on any atom is -0.478 e. The number of aliphatic hydroxyl groups excluding tert-OH is 2. The van der Waals surface area contributed by atoms with E-state index >= 15 is 0 Å². The van der Waals surface area contributed by atoms with Crippen LogP contribution in [0.1, 0.15) is 22.8 Å². The molecule has 0 atom stereocenters. The average molecular weight is 303 g/mol. The summed E-state index contributed by atoms with van der Waals surface area (Å²) in [5.74, 6) is -1.21. The fourth-order valence-corrected chi connectivity index (χ4v) is 2.89. The van der Waals surface area contributed by atoms with Gasteiger partial charge in [0.1, 0.15) is 0 Å². The molecule has 4 N–H and O–H groups in total. The van der Waals surface area contributed by atoms with Gasteiger partial charge in [0, 0.05) is 0 Å². The number of nitrogens with one attached hydrogen (secondary N) is 1. The summed E-state index contributed by atoms with van der Waals surface area (Å²) < 4.78 is 26.1. The van der Waals surface area contributed by atoms with Crippen molar-refractivity contribution in [3.8, 4) is 0 Å². The number of hydrogen-bond donors (Lipinski definition) is 4. The zero-order valence-corrected chi connectivity index (χ0v) is 11.7. The van der Waals surface area contributed by atoms with Crippen LogP contribution >= 0.6 is 0 Å². The van der Waals surface area contributed by atoms with Gasteiger partial charge in [-0.1, -0.05) is 13.0 Å². The molecule has 0 heterocycles. The van der Waals surface area contributed by atoms with Crippen LogP contribution in [0.15, 0.2) is 23.1 Å². The van der Waals surface area contributed by atoms with E-state index < -0.39 is 35.2 Å². The van der Waals surface area contributed by atoms with Crippen molar-refractivity contribution in [3.63, 3.8) is 0 Å². The van der Waals surface area contributed by atoms with Crippen LogP contribution < -0.4 is 4.72 Å². The smallest absolute Gasteiger partial charge is 0.336 e. The molecule has 0 spiro atoms. The van der Waals surface area contributed by atoms with Crippen molar-refractivity contribution >= 4 is 16.0 Å². The SMILES string of the molecule is CCc1ccc(S(=O)(=O)NC(CO)CO)cc1C(=O)O. The lowest BCUT2D eigenvalue weighted by Crippen LogP contribution is -2.40. The Kier molecular flexibility index (Phi) is 5.63. The van der Waals surface area contributed by atoms with E-state index in [0.29, 0.717) is 12.0 Å². The summed E-state index contributed by atoms with van der Waals surface area (Å²) in [6.07, 6.45) is 0.464. The van der Waals surface area contributed by atoms with Crippen LogP contribution in [-0.4, -0.2) is 49.0 Å². The molecule has 0 amide bonds. The second-order valence-electron chi connectivity index (χ2n) is 4.16. The predicted octanol–water partition coefficient (Wildman–Crippen LogP) is -0.421. The highest BCUT2D eigenvalue weighted by molar-refractivity contribution is 7.89. The molecule has 0 aliphatic heterocycles. The maximum Gasteiger partial charge on any atom is 0.336 e. The van der Waals surface area contributed by atoms with Crippen molar-refractivity contribution in [2.45, 2.75) is 24.3 Å². The molecule has 0 fully saturated rings. The number of carboxylic acids is 1. The fraction of sp³-hybridized carbons (Fsp3) is 0.417. The normalized spacial score (nSPS) is 11.8. The number of carboxylic acid groups (broad SMARTS) is 1. The van der Waals surface area contributed by atoms with E-state index in [1.165, 1.54) is 12.1 Å². The van der Waals surface area contributed by atoms with E-state index in [1.54, 1.807) is 6.92 Å². The summed E-state index contributed by atoms with van der Waals surface area (Å²) in [5, 5.41) is 26.8. The lowest BCUT2D eigenvalue weighted by atomic mass is 10.1. The zero-order valence-electron chi connectivity index (χ0n) is 10.9. The van der Waals surface area contributed by atoms with Crippen molar-refractivity contribution in [2.75, 3.05) is 13.2 Å². The highest BCUT2D eigenvalue weighted by Gasteiger charge is 2.21. The van der Waals surface area contributed by atoms with E-state index in [4.69, 9.17) is 15.3 Å². The van der Waals surface area contributed by atoms with Crippen LogP contribution in [0, 0.1) is 0 Å².